The van der Waals surface area contributed by atoms with Crippen LogP contribution in [0.4, 0.5) is 11.5 Å². The Bertz CT molecular complexity index is 540. The molecule has 102 valence electrons. The van der Waals surface area contributed by atoms with Crippen molar-refractivity contribution in [3.05, 3.63) is 18.5 Å². The molecule has 2 rings (SSSR count). The predicted octanol–water partition coefficient (Wildman–Crippen LogP) is 0.241. The molecule has 0 atom stereocenters. The zero-order chi connectivity index (χ0) is 13.7. The molecule has 2 heterocycles. The van der Waals surface area contributed by atoms with Crippen LogP contribution in [-0.2, 0) is 13.5 Å². The van der Waals surface area contributed by atoms with Crippen LogP contribution < -0.4 is 15.8 Å². The molecule has 0 spiro atoms. The summed E-state index contributed by atoms with van der Waals surface area (Å²) < 4.78 is 6.97. The molecule has 8 nitrogen and oxygen atoms in total. The molecule has 0 unspecified atom stereocenters. The van der Waals surface area contributed by atoms with Gasteiger partial charge in [-0.05, 0) is 6.92 Å². The van der Waals surface area contributed by atoms with Gasteiger partial charge in [0.05, 0.1) is 6.61 Å². The molecule has 19 heavy (non-hydrogen) atoms. The molecule has 0 saturated carbocycles. The van der Waals surface area contributed by atoms with Crippen LogP contribution in [0.15, 0.2) is 12.7 Å². The minimum atomic E-state index is 0.399. The minimum Gasteiger partial charge on any atom is -0.476 e. The third kappa shape index (κ3) is 3.30. The maximum absolute atomic E-state index is 5.91. The number of nitrogen functional groups attached to an aromatic ring is 1. The second-order valence-electron chi connectivity index (χ2n) is 3.89. The number of anilines is 2. The first kappa shape index (κ1) is 13.1. The molecule has 8 heteroatoms. The molecule has 0 saturated heterocycles. The number of ether oxygens (including phenoxy) is 1. The van der Waals surface area contributed by atoms with Gasteiger partial charge < -0.3 is 15.8 Å². The van der Waals surface area contributed by atoms with Gasteiger partial charge in [0.25, 0.3) is 0 Å². The molecular formula is C11H17N7O. The van der Waals surface area contributed by atoms with Crippen molar-refractivity contribution in [3.8, 4) is 5.88 Å². The molecule has 2 aromatic rings. The van der Waals surface area contributed by atoms with E-state index in [-0.39, 0.29) is 0 Å². The predicted molar refractivity (Wildman–Crippen MR) is 70.8 cm³/mol. The zero-order valence-electron chi connectivity index (χ0n) is 11.0. The van der Waals surface area contributed by atoms with E-state index in [2.05, 4.69) is 25.4 Å². The van der Waals surface area contributed by atoms with E-state index in [0.29, 0.717) is 37.0 Å². The first-order valence-electron chi connectivity index (χ1n) is 6.02. The van der Waals surface area contributed by atoms with Crippen molar-refractivity contribution in [2.45, 2.75) is 13.3 Å². The highest BCUT2D eigenvalue weighted by molar-refractivity contribution is 5.66. The lowest BCUT2D eigenvalue weighted by Crippen LogP contribution is -2.11. The summed E-state index contributed by atoms with van der Waals surface area (Å²) in [5, 5.41) is 7.31. The van der Waals surface area contributed by atoms with Crippen molar-refractivity contribution >= 4 is 11.5 Å². The summed E-state index contributed by atoms with van der Waals surface area (Å²) in [6.07, 6.45) is 3.78. The highest BCUT2D eigenvalue weighted by atomic mass is 16.5. The largest absolute Gasteiger partial charge is 0.476 e. The quantitative estimate of drug-likeness (QED) is 0.769. The average molecular weight is 263 g/mol. The molecule has 0 aromatic carbocycles. The Kier molecular flexibility index (Phi) is 4.11. The number of hydrogen-bond acceptors (Lipinski definition) is 7. The Morgan fingerprint density at radius 2 is 2.21 bits per heavy atom. The Balaban J connectivity index is 1.94. The minimum absolute atomic E-state index is 0.399. The van der Waals surface area contributed by atoms with E-state index in [1.54, 1.807) is 11.0 Å². The van der Waals surface area contributed by atoms with Crippen LogP contribution in [0.5, 0.6) is 5.88 Å². The normalized spacial score (nSPS) is 10.4. The van der Waals surface area contributed by atoms with Crippen LogP contribution in [-0.4, -0.2) is 37.9 Å². The van der Waals surface area contributed by atoms with E-state index in [1.807, 2.05) is 14.0 Å². The van der Waals surface area contributed by atoms with Gasteiger partial charge in [-0.15, -0.1) is 0 Å². The number of nitrogens with one attached hydrogen (secondary N) is 1. The standard InChI is InChI=1S/C11H17N7O/c1-3-19-11-9(12)10(14-6-15-11)13-5-4-8-16-7-18(2)17-8/h6-7H,3-5,12H2,1-2H3,(H,13,14,15). The van der Waals surface area contributed by atoms with E-state index < -0.39 is 0 Å². The summed E-state index contributed by atoms with van der Waals surface area (Å²) in [5.41, 5.74) is 6.32. The Hall–Kier alpha value is -2.38. The average Bonchev–Trinajstić information content (AvgIpc) is 2.80. The molecule has 0 aliphatic heterocycles. The van der Waals surface area contributed by atoms with Crippen LogP contribution >= 0.6 is 0 Å². The fourth-order valence-electron chi connectivity index (χ4n) is 1.56. The van der Waals surface area contributed by atoms with Crippen LogP contribution in [0.1, 0.15) is 12.7 Å². The Morgan fingerprint density at radius 1 is 1.37 bits per heavy atom. The SMILES string of the molecule is CCOc1ncnc(NCCc2ncn(C)n2)c1N. The van der Waals surface area contributed by atoms with E-state index in [9.17, 15) is 0 Å². The lowest BCUT2D eigenvalue weighted by molar-refractivity contribution is 0.328. The lowest BCUT2D eigenvalue weighted by atomic mass is 10.4. The first-order chi connectivity index (χ1) is 9.20. The zero-order valence-corrected chi connectivity index (χ0v) is 11.0. The fraction of sp³-hybridized carbons (Fsp3) is 0.455. The number of rotatable bonds is 6. The maximum atomic E-state index is 5.91. The highest BCUT2D eigenvalue weighted by Crippen LogP contribution is 2.24. The van der Waals surface area contributed by atoms with Crippen LogP contribution in [0.25, 0.3) is 0 Å². The van der Waals surface area contributed by atoms with Crippen molar-refractivity contribution in [2.24, 2.45) is 7.05 Å². The molecule has 0 bridgehead atoms. The van der Waals surface area contributed by atoms with Gasteiger partial charge in [0.15, 0.2) is 11.6 Å². The highest BCUT2D eigenvalue weighted by Gasteiger charge is 2.08. The molecule has 0 radical (unpaired) electrons. The Labute approximate surface area is 111 Å². The van der Waals surface area contributed by atoms with Crippen molar-refractivity contribution in [3.63, 3.8) is 0 Å². The summed E-state index contributed by atoms with van der Waals surface area (Å²) in [5.74, 6) is 1.73. The molecular weight excluding hydrogens is 246 g/mol. The summed E-state index contributed by atoms with van der Waals surface area (Å²) in [6.45, 7) is 3.02. The molecule has 0 amide bonds. The van der Waals surface area contributed by atoms with E-state index in [4.69, 9.17) is 10.5 Å². The lowest BCUT2D eigenvalue weighted by Gasteiger charge is -2.10. The summed E-state index contributed by atoms with van der Waals surface area (Å²) in [4.78, 5) is 12.2. The van der Waals surface area contributed by atoms with Gasteiger partial charge in [-0.3, -0.25) is 4.68 Å². The topological polar surface area (TPSA) is 104 Å². The van der Waals surface area contributed by atoms with Gasteiger partial charge in [0.1, 0.15) is 18.3 Å². The third-order valence-electron chi connectivity index (χ3n) is 2.42. The third-order valence-corrected chi connectivity index (χ3v) is 2.42. The second-order valence-corrected chi connectivity index (χ2v) is 3.89. The second kappa shape index (κ2) is 5.98. The van der Waals surface area contributed by atoms with E-state index >= 15 is 0 Å². The number of hydrogen-bond donors (Lipinski definition) is 2. The summed E-state index contributed by atoms with van der Waals surface area (Å²) in [7, 11) is 1.83. The first-order valence-corrected chi connectivity index (χ1v) is 6.02. The van der Waals surface area contributed by atoms with Crippen molar-refractivity contribution in [2.75, 3.05) is 24.2 Å². The molecule has 0 aliphatic rings. The molecule has 2 aromatic heterocycles. The number of aromatic nitrogens is 5. The Morgan fingerprint density at radius 3 is 2.89 bits per heavy atom. The van der Waals surface area contributed by atoms with Gasteiger partial charge in [-0.2, -0.15) is 10.1 Å². The smallest absolute Gasteiger partial charge is 0.242 e. The number of nitrogens with zero attached hydrogens (tertiary/aromatic N) is 5. The van der Waals surface area contributed by atoms with Crippen LogP contribution in [0.3, 0.4) is 0 Å². The number of aryl methyl sites for hydroxylation is 1. The van der Waals surface area contributed by atoms with E-state index in [1.165, 1.54) is 6.33 Å². The number of nitrogens with two attached hydrogens (primary N) is 1. The van der Waals surface area contributed by atoms with E-state index in [0.717, 1.165) is 5.82 Å². The van der Waals surface area contributed by atoms with Gasteiger partial charge >= 0.3 is 0 Å². The van der Waals surface area contributed by atoms with Crippen LogP contribution in [0, 0.1) is 0 Å². The van der Waals surface area contributed by atoms with Gasteiger partial charge in [-0.1, -0.05) is 0 Å². The fourth-order valence-corrected chi connectivity index (χ4v) is 1.56. The monoisotopic (exact) mass is 263 g/mol. The van der Waals surface area contributed by atoms with Crippen molar-refractivity contribution in [1.82, 2.24) is 24.7 Å². The maximum Gasteiger partial charge on any atom is 0.242 e. The summed E-state index contributed by atoms with van der Waals surface area (Å²) >= 11 is 0. The van der Waals surface area contributed by atoms with Gasteiger partial charge in [0.2, 0.25) is 5.88 Å². The van der Waals surface area contributed by atoms with Gasteiger partial charge in [-0.25, -0.2) is 9.97 Å². The van der Waals surface area contributed by atoms with Crippen molar-refractivity contribution in [1.29, 1.82) is 0 Å². The van der Waals surface area contributed by atoms with Crippen LogP contribution in [0.2, 0.25) is 0 Å². The van der Waals surface area contributed by atoms with Crippen molar-refractivity contribution < 1.29 is 4.74 Å². The molecule has 0 fully saturated rings. The molecule has 0 aliphatic carbocycles. The summed E-state index contributed by atoms with van der Waals surface area (Å²) in [6, 6.07) is 0. The molecule has 3 N–H and O–H groups in total. The van der Waals surface area contributed by atoms with Gasteiger partial charge in [0, 0.05) is 20.0 Å².